The number of ketones is 1. The molecule has 0 saturated carbocycles. The van der Waals surface area contributed by atoms with Crippen molar-refractivity contribution < 1.29 is 27.2 Å². The summed E-state index contributed by atoms with van der Waals surface area (Å²) in [7, 11) is 0. The lowest BCUT2D eigenvalue weighted by Gasteiger charge is -2.34. The minimum atomic E-state index is -4.65. The molecule has 1 unspecified atom stereocenters. The summed E-state index contributed by atoms with van der Waals surface area (Å²) in [6.07, 6.45) is -3.07. The Kier molecular flexibility index (Phi) is 5.62. The molecular formula is C24H20F4N2O2. The second kappa shape index (κ2) is 8.26. The van der Waals surface area contributed by atoms with Crippen LogP contribution < -0.4 is 10.6 Å². The third kappa shape index (κ3) is 4.04. The maximum absolute atomic E-state index is 13.6. The number of amides is 1. The van der Waals surface area contributed by atoms with Crippen molar-refractivity contribution in [2.75, 3.05) is 5.32 Å². The van der Waals surface area contributed by atoms with Crippen molar-refractivity contribution in [1.82, 2.24) is 5.32 Å². The second-order valence-corrected chi connectivity index (χ2v) is 7.81. The third-order valence-electron chi connectivity index (χ3n) is 5.70. The number of hydrogen-bond acceptors (Lipinski definition) is 3. The molecule has 1 aliphatic heterocycles. The van der Waals surface area contributed by atoms with E-state index in [2.05, 4.69) is 10.6 Å². The Bertz CT molecular complexity index is 1150. The van der Waals surface area contributed by atoms with Gasteiger partial charge in [0, 0.05) is 34.9 Å². The van der Waals surface area contributed by atoms with Crippen molar-refractivity contribution in [2.24, 2.45) is 0 Å². The Balaban J connectivity index is 1.79. The van der Waals surface area contributed by atoms with E-state index in [1.807, 2.05) is 0 Å². The van der Waals surface area contributed by atoms with Gasteiger partial charge in [0.25, 0.3) is 5.91 Å². The van der Waals surface area contributed by atoms with Crippen molar-refractivity contribution in [3.05, 3.63) is 88.0 Å². The Morgan fingerprint density at radius 1 is 1.06 bits per heavy atom. The monoisotopic (exact) mass is 444 g/mol. The summed E-state index contributed by atoms with van der Waals surface area (Å²) in [6.45, 7) is 1.64. The largest absolute Gasteiger partial charge is 0.418 e. The summed E-state index contributed by atoms with van der Waals surface area (Å²) in [5, 5.41) is 5.48. The fourth-order valence-corrected chi connectivity index (χ4v) is 4.30. The van der Waals surface area contributed by atoms with Crippen molar-refractivity contribution >= 4 is 17.4 Å². The maximum atomic E-state index is 13.6. The first kappa shape index (κ1) is 21.8. The van der Waals surface area contributed by atoms with Gasteiger partial charge >= 0.3 is 6.18 Å². The predicted molar refractivity (Wildman–Crippen MR) is 111 cm³/mol. The quantitative estimate of drug-likeness (QED) is 0.619. The highest BCUT2D eigenvalue weighted by atomic mass is 19.4. The molecule has 0 spiro atoms. The van der Waals surface area contributed by atoms with E-state index < -0.39 is 29.4 Å². The number of allylic oxidation sites excluding steroid dienone is 3. The van der Waals surface area contributed by atoms with Gasteiger partial charge in [-0.25, -0.2) is 4.39 Å². The zero-order valence-corrected chi connectivity index (χ0v) is 17.1. The van der Waals surface area contributed by atoms with Gasteiger partial charge in [-0.3, -0.25) is 9.59 Å². The lowest BCUT2D eigenvalue weighted by Crippen LogP contribution is -2.35. The summed E-state index contributed by atoms with van der Waals surface area (Å²) in [5.41, 5.74) is 0.838. The lowest BCUT2D eigenvalue weighted by molar-refractivity contribution is -0.137. The predicted octanol–water partition coefficient (Wildman–Crippen LogP) is 5.45. The average molecular weight is 444 g/mol. The first-order chi connectivity index (χ1) is 15.2. The molecule has 1 heterocycles. The number of carbonyl (C=O) groups excluding carboxylic acids is 2. The fraction of sp³-hybridized carbons (Fsp3) is 0.250. The van der Waals surface area contributed by atoms with Crippen LogP contribution in [0, 0.1) is 5.82 Å². The summed E-state index contributed by atoms with van der Waals surface area (Å²) < 4.78 is 53.8. The molecule has 0 fully saturated rings. The number of rotatable bonds is 3. The number of halogens is 4. The van der Waals surface area contributed by atoms with Crippen LogP contribution in [-0.2, 0) is 15.8 Å². The molecule has 2 N–H and O–H groups in total. The summed E-state index contributed by atoms with van der Waals surface area (Å²) in [4.78, 5) is 26.1. The Labute approximate surface area is 182 Å². The highest BCUT2D eigenvalue weighted by Crippen LogP contribution is 2.43. The molecule has 166 valence electrons. The van der Waals surface area contributed by atoms with E-state index in [-0.39, 0.29) is 17.0 Å². The summed E-state index contributed by atoms with van der Waals surface area (Å²) in [6, 6.07) is 10.1. The molecule has 1 amide bonds. The summed E-state index contributed by atoms with van der Waals surface area (Å²) in [5.74, 6) is -2.18. The van der Waals surface area contributed by atoms with E-state index in [9.17, 15) is 27.2 Å². The van der Waals surface area contributed by atoms with Crippen LogP contribution in [0.25, 0.3) is 0 Å². The molecule has 0 radical (unpaired) electrons. The van der Waals surface area contributed by atoms with Crippen molar-refractivity contribution in [3.8, 4) is 0 Å². The zero-order chi connectivity index (χ0) is 23.0. The number of para-hydroxylation sites is 1. The smallest absolute Gasteiger partial charge is 0.362 e. The van der Waals surface area contributed by atoms with E-state index in [4.69, 9.17) is 0 Å². The Morgan fingerprint density at radius 2 is 1.75 bits per heavy atom. The Hall–Kier alpha value is -3.42. The van der Waals surface area contributed by atoms with E-state index in [0.29, 0.717) is 41.8 Å². The van der Waals surface area contributed by atoms with Crippen LogP contribution in [0.5, 0.6) is 0 Å². The van der Waals surface area contributed by atoms with Crippen LogP contribution >= 0.6 is 0 Å². The highest BCUT2D eigenvalue weighted by Gasteiger charge is 2.39. The molecule has 0 bridgehead atoms. The maximum Gasteiger partial charge on any atom is 0.418 e. The molecule has 2 aromatic rings. The molecule has 0 saturated heterocycles. The molecule has 2 aliphatic rings. The van der Waals surface area contributed by atoms with E-state index in [1.54, 1.807) is 6.92 Å². The van der Waals surface area contributed by atoms with Crippen LogP contribution in [0.1, 0.15) is 43.2 Å². The average Bonchev–Trinajstić information content (AvgIpc) is 2.73. The van der Waals surface area contributed by atoms with Crippen LogP contribution in [-0.4, -0.2) is 11.7 Å². The molecular weight excluding hydrogens is 424 g/mol. The number of carbonyl (C=O) groups is 2. The molecule has 8 heteroatoms. The number of dihydropyridines is 1. The molecule has 4 nitrogen and oxygen atoms in total. The van der Waals surface area contributed by atoms with Gasteiger partial charge in [-0.2, -0.15) is 13.2 Å². The fourth-order valence-electron chi connectivity index (χ4n) is 4.30. The Morgan fingerprint density at radius 3 is 2.44 bits per heavy atom. The number of alkyl halides is 3. The van der Waals surface area contributed by atoms with Crippen LogP contribution in [0.4, 0.5) is 23.2 Å². The number of Topliss-reactive ketones (excluding diaryl/α,β-unsaturated/α-hetero) is 1. The van der Waals surface area contributed by atoms with E-state index in [0.717, 1.165) is 6.07 Å². The van der Waals surface area contributed by atoms with Crippen molar-refractivity contribution in [3.63, 3.8) is 0 Å². The van der Waals surface area contributed by atoms with Crippen molar-refractivity contribution in [1.29, 1.82) is 0 Å². The highest BCUT2D eigenvalue weighted by molar-refractivity contribution is 6.10. The van der Waals surface area contributed by atoms with Gasteiger partial charge in [0.2, 0.25) is 0 Å². The molecule has 4 rings (SSSR count). The molecule has 0 aromatic heterocycles. The van der Waals surface area contributed by atoms with Gasteiger partial charge in [-0.05, 0) is 49.6 Å². The SMILES string of the molecule is CC1=C(C(=O)Nc2ccccc2C(F)(F)F)C(c2ccc(F)cc2)C2=C(CCCC2=O)N1. The van der Waals surface area contributed by atoms with Crippen LogP contribution in [0.2, 0.25) is 0 Å². The van der Waals surface area contributed by atoms with Crippen LogP contribution in [0.3, 0.4) is 0 Å². The van der Waals surface area contributed by atoms with Gasteiger partial charge < -0.3 is 10.6 Å². The van der Waals surface area contributed by atoms with Gasteiger partial charge in [-0.1, -0.05) is 24.3 Å². The van der Waals surface area contributed by atoms with E-state index >= 15 is 0 Å². The number of hydrogen-bond donors (Lipinski definition) is 2. The van der Waals surface area contributed by atoms with Crippen LogP contribution in [0.15, 0.2) is 71.1 Å². The molecule has 32 heavy (non-hydrogen) atoms. The normalized spacial score (nSPS) is 18.9. The zero-order valence-electron chi connectivity index (χ0n) is 17.1. The van der Waals surface area contributed by atoms with Gasteiger partial charge in [-0.15, -0.1) is 0 Å². The lowest BCUT2D eigenvalue weighted by atomic mass is 9.75. The minimum Gasteiger partial charge on any atom is -0.362 e. The molecule has 2 aromatic carbocycles. The van der Waals surface area contributed by atoms with Gasteiger partial charge in [0.15, 0.2) is 5.78 Å². The van der Waals surface area contributed by atoms with Gasteiger partial charge in [0.1, 0.15) is 5.82 Å². The second-order valence-electron chi connectivity index (χ2n) is 7.81. The molecule has 1 aliphatic carbocycles. The number of benzene rings is 2. The standard InChI is InChI=1S/C24H20F4N2O2/c1-13-20(23(32)30-17-6-3-2-5-16(17)24(26,27)28)21(14-9-11-15(25)12-10-14)22-18(29-13)7-4-8-19(22)31/h2-3,5-6,9-12,21,29H,4,7-8H2,1H3,(H,30,32). The first-order valence-electron chi connectivity index (χ1n) is 10.1. The van der Waals surface area contributed by atoms with Gasteiger partial charge in [0.05, 0.1) is 11.3 Å². The number of anilines is 1. The minimum absolute atomic E-state index is 0.127. The topological polar surface area (TPSA) is 58.2 Å². The summed E-state index contributed by atoms with van der Waals surface area (Å²) >= 11 is 0. The first-order valence-corrected chi connectivity index (χ1v) is 10.1. The van der Waals surface area contributed by atoms with E-state index in [1.165, 1.54) is 42.5 Å². The van der Waals surface area contributed by atoms with Crippen molar-refractivity contribution in [2.45, 2.75) is 38.3 Å². The number of nitrogens with one attached hydrogen (secondary N) is 2. The third-order valence-corrected chi connectivity index (χ3v) is 5.70. The molecule has 1 atom stereocenters.